The molecule has 0 atom stereocenters. The molecule has 0 aliphatic heterocycles. The first-order valence-corrected chi connectivity index (χ1v) is 6.12. The molecule has 90 valence electrons. The molecule has 0 amide bonds. The van der Waals surface area contributed by atoms with Crippen LogP contribution in [-0.4, -0.2) is 15.2 Å². The van der Waals surface area contributed by atoms with Crippen molar-refractivity contribution in [2.24, 2.45) is 0 Å². The molecular weight excluding hydrogens is 210 g/mol. The Labute approximate surface area is 102 Å². The average Bonchev–Trinajstić information content (AvgIpc) is 2.77. The van der Waals surface area contributed by atoms with Gasteiger partial charge in [-0.2, -0.15) is 5.10 Å². The van der Waals surface area contributed by atoms with Crippen LogP contribution in [0.1, 0.15) is 42.5 Å². The first kappa shape index (κ1) is 11.8. The number of hydrogen-bond donors (Lipinski definition) is 1. The summed E-state index contributed by atoms with van der Waals surface area (Å²) in [5.74, 6) is 2.28. The Hall–Kier alpha value is -1.64. The lowest BCUT2D eigenvalue weighted by molar-refractivity contribution is 0.780. The molecule has 0 bridgehead atoms. The van der Waals surface area contributed by atoms with Gasteiger partial charge in [-0.1, -0.05) is 43.7 Å². The van der Waals surface area contributed by atoms with Crippen molar-refractivity contribution in [1.29, 1.82) is 0 Å². The second-order valence-corrected chi connectivity index (χ2v) is 4.78. The molecule has 1 N–H and O–H groups in total. The van der Waals surface area contributed by atoms with Crippen molar-refractivity contribution in [2.45, 2.75) is 39.5 Å². The van der Waals surface area contributed by atoms with E-state index >= 15 is 0 Å². The third-order valence-electron chi connectivity index (χ3n) is 2.84. The van der Waals surface area contributed by atoms with Gasteiger partial charge in [0.15, 0.2) is 5.82 Å². The second kappa shape index (κ2) is 5.13. The van der Waals surface area contributed by atoms with Crippen LogP contribution in [0.25, 0.3) is 0 Å². The Balaban J connectivity index is 1.95. The van der Waals surface area contributed by atoms with Crippen molar-refractivity contribution in [3.8, 4) is 0 Å². The van der Waals surface area contributed by atoms with E-state index in [1.165, 1.54) is 11.1 Å². The summed E-state index contributed by atoms with van der Waals surface area (Å²) in [6.07, 6.45) is 1.93. The van der Waals surface area contributed by atoms with Gasteiger partial charge in [0.05, 0.1) is 0 Å². The Bertz CT molecular complexity index is 468. The van der Waals surface area contributed by atoms with Crippen molar-refractivity contribution in [3.63, 3.8) is 0 Å². The highest BCUT2D eigenvalue weighted by molar-refractivity contribution is 5.21. The van der Waals surface area contributed by atoms with Gasteiger partial charge >= 0.3 is 0 Å². The molecule has 3 nitrogen and oxygen atoms in total. The number of hydrogen-bond acceptors (Lipinski definition) is 2. The number of aromatic nitrogens is 3. The largest absolute Gasteiger partial charge is 0.263 e. The maximum atomic E-state index is 4.48. The molecule has 0 aliphatic rings. The van der Waals surface area contributed by atoms with Crippen molar-refractivity contribution in [3.05, 3.63) is 47.0 Å². The number of nitrogens with one attached hydrogen (secondary N) is 1. The van der Waals surface area contributed by atoms with Gasteiger partial charge < -0.3 is 0 Å². The highest BCUT2D eigenvalue weighted by Gasteiger charge is 2.06. The lowest BCUT2D eigenvalue weighted by Crippen LogP contribution is -1.94. The van der Waals surface area contributed by atoms with Crippen LogP contribution >= 0.6 is 0 Å². The van der Waals surface area contributed by atoms with Crippen molar-refractivity contribution in [1.82, 2.24) is 15.2 Å². The predicted octanol–water partition coefficient (Wildman–Crippen LogP) is 3.02. The van der Waals surface area contributed by atoms with Crippen LogP contribution in [0, 0.1) is 6.92 Å². The van der Waals surface area contributed by atoms with Crippen molar-refractivity contribution in [2.75, 3.05) is 0 Å². The SMILES string of the molecule is Cc1ccc(CCc2nc(C(C)C)n[nH]2)cc1. The standard InChI is InChI=1S/C14H19N3/c1-10(2)14-15-13(16-17-14)9-8-12-6-4-11(3)5-7-12/h4-7,10H,8-9H2,1-3H3,(H,15,16,17). The normalized spacial score (nSPS) is 11.1. The minimum absolute atomic E-state index is 0.388. The predicted molar refractivity (Wildman–Crippen MR) is 69.1 cm³/mol. The van der Waals surface area contributed by atoms with Gasteiger partial charge in [-0.3, -0.25) is 5.10 Å². The minimum atomic E-state index is 0.388. The maximum absolute atomic E-state index is 4.48. The van der Waals surface area contributed by atoms with Gasteiger partial charge in [0.2, 0.25) is 0 Å². The Morgan fingerprint density at radius 3 is 2.41 bits per heavy atom. The number of benzene rings is 1. The second-order valence-electron chi connectivity index (χ2n) is 4.78. The summed E-state index contributed by atoms with van der Waals surface area (Å²) in [6, 6.07) is 8.65. The zero-order valence-corrected chi connectivity index (χ0v) is 10.7. The van der Waals surface area contributed by atoms with Crippen LogP contribution in [-0.2, 0) is 12.8 Å². The summed E-state index contributed by atoms with van der Waals surface area (Å²) >= 11 is 0. The van der Waals surface area contributed by atoms with Gasteiger partial charge in [-0.25, -0.2) is 4.98 Å². The van der Waals surface area contributed by atoms with E-state index in [1.54, 1.807) is 0 Å². The van der Waals surface area contributed by atoms with E-state index in [9.17, 15) is 0 Å². The van der Waals surface area contributed by atoms with E-state index in [-0.39, 0.29) is 0 Å². The van der Waals surface area contributed by atoms with E-state index in [2.05, 4.69) is 60.2 Å². The first-order valence-electron chi connectivity index (χ1n) is 6.12. The molecule has 0 fully saturated rings. The Morgan fingerprint density at radius 1 is 1.12 bits per heavy atom. The van der Waals surface area contributed by atoms with E-state index in [1.807, 2.05) is 0 Å². The van der Waals surface area contributed by atoms with E-state index < -0.39 is 0 Å². The molecule has 1 aromatic heterocycles. The van der Waals surface area contributed by atoms with Crippen LogP contribution in [0.3, 0.4) is 0 Å². The molecule has 0 saturated heterocycles. The van der Waals surface area contributed by atoms with Crippen LogP contribution in [0.5, 0.6) is 0 Å². The molecule has 17 heavy (non-hydrogen) atoms. The van der Waals surface area contributed by atoms with Gasteiger partial charge in [-0.05, 0) is 18.9 Å². The van der Waals surface area contributed by atoms with Crippen molar-refractivity contribution >= 4 is 0 Å². The number of aryl methyl sites for hydroxylation is 3. The smallest absolute Gasteiger partial charge is 0.153 e. The topological polar surface area (TPSA) is 41.6 Å². The van der Waals surface area contributed by atoms with E-state index in [0.717, 1.165) is 24.5 Å². The Kier molecular flexibility index (Phi) is 3.57. The van der Waals surface area contributed by atoms with E-state index in [0.29, 0.717) is 5.92 Å². The summed E-state index contributed by atoms with van der Waals surface area (Å²) in [4.78, 5) is 4.48. The molecule has 0 saturated carbocycles. The van der Waals surface area contributed by atoms with Crippen LogP contribution in [0.2, 0.25) is 0 Å². The van der Waals surface area contributed by atoms with Crippen molar-refractivity contribution < 1.29 is 0 Å². The zero-order valence-electron chi connectivity index (χ0n) is 10.7. The fraction of sp³-hybridized carbons (Fsp3) is 0.429. The fourth-order valence-corrected chi connectivity index (χ4v) is 1.70. The molecule has 0 unspecified atom stereocenters. The third kappa shape index (κ3) is 3.16. The lowest BCUT2D eigenvalue weighted by Gasteiger charge is -1.99. The zero-order chi connectivity index (χ0) is 12.3. The number of nitrogens with zero attached hydrogens (tertiary/aromatic N) is 2. The molecule has 0 radical (unpaired) electrons. The monoisotopic (exact) mass is 229 g/mol. The van der Waals surface area contributed by atoms with Gasteiger partial charge in [0.25, 0.3) is 0 Å². The fourth-order valence-electron chi connectivity index (χ4n) is 1.70. The number of H-pyrrole nitrogens is 1. The molecular formula is C14H19N3. The Morgan fingerprint density at radius 2 is 1.82 bits per heavy atom. The van der Waals surface area contributed by atoms with Gasteiger partial charge in [-0.15, -0.1) is 0 Å². The summed E-state index contributed by atoms with van der Waals surface area (Å²) in [7, 11) is 0. The van der Waals surface area contributed by atoms with Gasteiger partial charge in [0, 0.05) is 12.3 Å². The highest BCUT2D eigenvalue weighted by Crippen LogP contribution is 2.10. The summed E-state index contributed by atoms with van der Waals surface area (Å²) in [5, 5.41) is 7.21. The van der Waals surface area contributed by atoms with E-state index in [4.69, 9.17) is 0 Å². The van der Waals surface area contributed by atoms with Crippen LogP contribution in [0.4, 0.5) is 0 Å². The molecule has 1 heterocycles. The summed E-state index contributed by atoms with van der Waals surface area (Å²) in [5.41, 5.74) is 2.65. The molecule has 3 heteroatoms. The minimum Gasteiger partial charge on any atom is -0.263 e. The molecule has 0 spiro atoms. The average molecular weight is 229 g/mol. The quantitative estimate of drug-likeness (QED) is 0.875. The third-order valence-corrected chi connectivity index (χ3v) is 2.84. The maximum Gasteiger partial charge on any atom is 0.153 e. The van der Waals surface area contributed by atoms with Crippen LogP contribution in [0.15, 0.2) is 24.3 Å². The lowest BCUT2D eigenvalue weighted by atomic mass is 10.1. The number of aromatic amines is 1. The molecule has 0 aliphatic carbocycles. The molecule has 2 rings (SSSR count). The highest BCUT2D eigenvalue weighted by atomic mass is 15.2. The van der Waals surface area contributed by atoms with Gasteiger partial charge in [0.1, 0.15) is 5.82 Å². The summed E-state index contributed by atoms with van der Waals surface area (Å²) in [6.45, 7) is 6.31. The van der Waals surface area contributed by atoms with Crippen LogP contribution < -0.4 is 0 Å². The molecule has 2 aromatic rings. The number of rotatable bonds is 4. The molecule has 1 aromatic carbocycles. The first-order chi connectivity index (χ1) is 8.15. The summed E-state index contributed by atoms with van der Waals surface area (Å²) < 4.78 is 0.